The van der Waals surface area contributed by atoms with E-state index in [4.69, 9.17) is 5.26 Å². The standard InChI is InChI=1S/C13H13FN4O2S/c1-7-11(14)4-10(6-15)5-12(7)18-21(19,20)13-8(2)16-17-9(13)3/h4-5,18H,1-3H3,(H,16,17). The number of hydrogen-bond acceptors (Lipinski definition) is 4. The Balaban J connectivity index is 2.52. The lowest BCUT2D eigenvalue weighted by atomic mass is 10.1. The molecule has 0 saturated heterocycles. The van der Waals surface area contributed by atoms with Gasteiger partial charge in [-0.3, -0.25) is 9.82 Å². The number of rotatable bonds is 3. The van der Waals surface area contributed by atoms with E-state index in [9.17, 15) is 12.8 Å². The zero-order valence-electron chi connectivity index (χ0n) is 11.7. The summed E-state index contributed by atoms with van der Waals surface area (Å²) in [5, 5.41) is 15.2. The molecule has 8 heteroatoms. The van der Waals surface area contributed by atoms with Gasteiger partial charge < -0.3 is 0 Å². The molecule has 0 amide bonds. The molecule has 0 bridgehead atoms. The number of nitrogens with zero attached hydrogens (tertiary/aromatic N) is 2. The minimum atomic E-state index is -3.92. The Labute approximate surface area is 121 Å². The first kappa shape index (κ1) is 15.0. The number of aromatic amines is 1. The highest BCUT2D eigenvalue weighted by Crippen LogP contribution is 2.25. The van der Waals surface area contributed by atoms with Crippen molar-refractivity contribution in [3.8, 4) is 6.07 Å². The molecule has 0 atom stereocenters. The summed E-state index contributed by atoms with van der Waals surface area (Å²) >= 11 is 0. The van der Waals surface area contributed by atoms with Gasteiger partial charge in [-0.1, -0.05) is 0 Å². The molecule has 0 fully saturated rings. The predicted octanol–water partition coefficient (Wildman–Crippen LogP) is 2.15. The Morgan fingerprint density at radius 1 is 1.33 bits per heavy atom. The van der Waals surface area contributed by atoms with Crippen LogP contribution >= 0.6 is 0 Å². The molecule has 1 aromatic heterocycles. The first-order valence-electron chi connectivity index (χ1n) is 6.01. The van der Waals surface area contributed by atoms with Crippen LogP contribution in [0.5, 0.6) is 0 Å². The van der Waals surface area contributed by atoms with E-state index in [0.29, 0.717) is 11.4 Å². The smallest absolute Gasteiger partial charge is 0.265 e. The topological polar surface area (TPSA) is 98.6 Å². The second-order valence-electron chi connectivity index (χ2n) is 4.61. The van der Waals surface area contributed by atoms with Crippen LogP contribution in [0.4, 0.5) is 10.1 Å². The Hall–Kier alpha value is -2.40. The predicted molar refractivity (Wildman–Crippen MR) is 74.7 cm³/mol. The summed E-state index contributed by atoms with van der Waals surface area (Å²) < 4.78 is 40.8. The highest BCUT2D eigenvalue weighted by atomic mass is 32.2. The molecule has 110 valence electrons. The molecule has 21 heavy (non-hydrogen) atoms. The van der Waals surface area contributed by atoms with Crippen LogP contribution in [-0.4, -0.2) is 18.6 Å². The van der Waals surface area contributed by atoms with E-state index in [2.05, 4.69) is 14.9 Å². The second-order valence-corrected chi connectivity index (χ2v) is 6.23. The molecule has 1 heterocycles. The number of aromatic nitrogens is 2. The fourth-order valence-corrected chi connectivity index (χ4v) is 3.47. The molecule has 2 N–H and O–H groups in total. The van der Waals surface area contributed by atoms with Gasteiger partial charge in [-0.05, 0) is 32.9 Å². The van der Waals surface area contributed by atoms with Crippen molar-refractivity contribution in [2.75, 3.05) is 4.72 Å². The number of anilines is 1. The molecule has 1 aromatic carbocycles. The Kier molecular flexibility index (Phi) is 3.70. The van der Waals surface area contributed by atoms with Gasteiger partial charge in [0.2, 0.25) is 0 Å². The number of sulfonamides is 1. The third-order valence-corrected chi connectivity index (χ3v) is 4.67. The molecule has 2 rings (SSSR count). The van der Waals surface area contributed by atoms with Gasteiger partial charge in [0.25, 0.3) is 10.0 Å². The molecule has 0 radical (unpaired) electrons. The van der Waals surface area contributed by atoms with E-state index in [1.165, 1.54) is 13.0 Å². The zero-order chi connectivity index (χ0) is 15.8. The van der Waals surface area contributed by atoms with Crippen molar-refractivity contribution < 1.29 is 12.8 Å². The van der Waals surface area contributed by atoms with Crippen LogP contribution in [0, 0.1) is 37.9 Å². The molecule has 0 unspecified atom stereocenters. The quantitative estimate of drug-likeness (QED) is 0.907. The summed E-state index contributed by atoms with van der Waals surface area (Å²) in [6.07, 6.45) is 0. The molecular formula is C13H13FN4O2S. The van der Waals surface area contributed by atoms with Crippen LogP contribution in [0.15, 0.2) is 17.0 Å². The largest absolute Gasteiger partial charge is 0.281 e. The summed E-state index contributed by atoms with van der Waals surface area (Å²) in [6.45, 7) is 4.56. The van der Waals surface area contributed by atoms with Gasteiger partial charge in [0.15, 0.2) is 0 Å². The SMILES string of the molecule is Cc1n[nH]c(C)c1S(=O)(=O)Nc1cc(C#N)cc(F)c1C. The zero-order valence-corrected chi connectivity index (χ0v) is 12.5. The van der Waals surface area contributed by atoms with Gasteiger partial charge in [-0.25, -0.2) is 12.8 Å². The monoisotopic (exact) mass is 308 g/mol. The lowest BCUT2D eigenvalue weighted by molar-refractivity contribution is 0.599. The average Bonchev–Trinajstić information content (AvgIpc) is 2.74. The second kappa shape index (κ2) is 5.18. The van der Waals surface area contributed by atoms with E-state index in [1.807, 2.05) is 0 Å². The fourth-order valence-electron chi connectivity index (χ4n) is 1.98. The first-order valence-corrected chi connectivity index (χ1v) is 7.49. The highest BCUT2D eigenvalue weighted by molar-refractivity contribution is 7.92. The summed E-state index contributed by atoms with van der Waals surface area (Å²) in [7, 11) is -3.92. The molecule has 0 aliphatic heterocycles. The lowest BCUT2D eigenvalue weighted by Crippen LogP contribution is -2.16. The van der Waals surface area contributed by atoms with Crippen molar-refractivity contribution >= 4 is 15.7 Å². The number of H-pyrrole nitrogens is 1. The van der Waals surface area contributed by atoms with Gasteiger partial charge in [-0.15, -0.1) is 0 Å². The van der Waals surface area contributed by atoms with Crippen molar-refractivity contribution in [1.82, 2.24) is 10.2 Å². The summed E-state index contributed by atoms with van der Waals surface area (Å²) in [4.78, 5) is 0.0182. The molecule has 0 saturated carbocycles. The number of benzene rings is 1. The van der Waals surface area contributed by atoms with Gasteiger partial charge in [0.05, 0.1) is 28.7 Å². The van der Waals surface area contributed by atoms with Crippen molar-refractivity contribution in [3.63, 3.8) is 0 Å². The first-order chi connectivity index (χ1) is 9.76. The van der Waals surface area contributed by atoms with Crippen LogP contribution in [0.1, 0.15) is 22.5 Å². The normalized spacial score (nSPS) is 11.2. The highest BCUT2D eigenvalue weighted by Gasteiger charge is 2.23. The minimum Gasteiger partial charge on any atom is -0.281 e. The summed E-state index contributed by atoms with van der Waals surface area (Å²) in [5.41, 5.74) is 0.892. The molecule has 6 nitrogen and oxygen atoms in total. The van der Waals surface area contributed by atoms with E-state index >= 15 is 0 Å². The number of hydrogen-bond donors (Lipinski definition) is 2. The maximum atomic E-state index is 13.7. The van der Waals surface area contributed by atoms with Crippen molar-refractivity contribution in [2.24, 2.45) is 0 Å². The molecule has 2 aromatic rings. The lowest BCUT2D eigenvalue weighted by Gasteiger charge is -2.11. The third kappa shape index (κ3) is 2.73. The van der Waals surface area contributed by atoms with Crippen molar-refractivity contribution in [1.29, 1.82) is 5.26 Å². The van der Waals surface area contributed by atoms with Gasteiger partial charge in [0, 0.05) is 5.56 Å². The maximum Gasteiger partial charge on any atom is 0.265 e. The number of nitrogens with one attached hydrogen (secondary N) is 2. The van der Waals surface area contributed by atoms with Gasteiger partial charge in [-0.2, -0.15) is 10.4 Å². The number of nitriles is 1. The Morgan fingerprint density at radius 2 is 2.00 bits per heavy atom. The van der Waals surface area contributed by atoms with Crippen LogP contribution in [0.2, 0.25) is 0 Å². The van der Waals surface area contributed by atoms with Crippen LogP contribution < -0.4 is 4.72 Å². The number of aryl methyl sites for hydroxylation is 2. The molecule has 0 spiro atoms. The van der Waals surface area contributed by atoms with E-state index in [1.54, 1.807) is 19.9 Å². The fraction of sp³-hybridized carbons (Fsp3) is 0.231. The van der Waals surface area contributed by atoms with Gasteiger partial charge in [0.1, 0.15) is 10.7 Å². The summed E-state index contributed by atoms with van der Waals surface area (Å²) in [6, 6.07) is 4.13. The van der Waals surface area contributed by atoms with Crippen molar-refractivity contribution in [3.05, 3.63) is 40.5 Å². The van der Waals surface area contributed by atoms with Crippen LogP contribution in [-0.2, 0) is 10.0 Å². The van der Waals surface area contributed by atoms with Crippen LogP contribution in [0.25, 0.3) is 0 Å². The molecule has 0 aliphatic rings. The number of halogens is 1. The summed E-state index contributed by atoms with van der Waals surface area (Å²) in [5.74, 6) is -0.646. The third-order valence-electron chi connectivity index (χ3n) is 3.05. The van der Waals surface area contributed by atoms with Gasteiger partial charge >= 0.3 is 0 Å². The Bertz CT molecular complexity index is 830. The molecule has 0 aliphatic carbocycles. The minimum absolute atomic E-state index is 0.0182. The van der Waals surface area contributed by atoms with E-state index < -0.39 is 15.8 Å². The maximum absolute atomic E-state index is 13.7. The van der Waals surface area contributed by atoms with E-state index in [0.717, 1.165) is 6.07 Å². The van der Waals surface area contributed by atoms with E-state index in [-0.39, 0.29) is 21.7 Å². The molecular weight excluding hydrogens is 295 g/mol. The van der Waals surface area contributed by atoms with Crippen LogP contribution in [0.3, 0.4) is 0 Å². The Morgan fingerprint density at radius 3 is 2.52 bits per heavy atom. The van der Waals surface area contributed by atoms with Crippen molar-refractivity contribution in [2.45, 2.75) is 25.7 Å². The average molecular weight is 308 g/mol.